The van der Waals surface area contributed by atoms with Gasteiger partial charge in [0.1, 0.15) is 0 Å². The van der Waals surface area contributed by atoms with Gasteiger partial charge in [-0.1, -0.05) is 38.5 Å². The average Bonchev–Trinajstić information content (AvgIpc) is 2.79. The fourth-order valence-corrected chi connectivity index (χ4v) is 6.63. The summed E-state index contributed by atoms with van der Waals surface area (Å²) in [6.07, 6.45) is 3.38. The highest BCUT2D eigenvalue weighted by atomic mass is 32.2. The van der Waals surface area contributed by atoms with Crippen molar-refractivity contribution in [1.82, 2.24) is 15.4 Å². The number of benzene rings is 1. The lowest BCUT2D eigenvalue weighted by atomic mass is 9.75. The second-order valence-electron chi connectivity index (χ2n) is 9.96. The quantitative estimate of drug-likeness (QED) is 0.419. The topological polar surface area (TPSA) is 87.3 Å². The molecule has 0 saturated heterocycles. The van der Waals surface area contributed by atoms with Gasteiger partial charge in [-0.2, -0.15) is 13.2 Å². The van der Waals surface area contributed by atoms with Gasteiger partial charge in [-0.3, -0.25) is 0 Å². The third-order valence-electron chi connectivity index (χ3n) is 7.16. The summed E-state index contributed by atoms with van der Waals surface area (Å²) in [5, 5.41) is 6.26. The van der Waals surface area contributed by atoms with Gasteiger partial charge in [0.05, 0.1) is 10.5 Å². The number of hydrogen-bond donors (Lipinski definition) is 3. The van der Waals surface area contributed by atoms with Crippen molar-refractivity contribution in [2.45, 2.75) is 101 Å². The van der Waals surface area contributed by atoms with E-state index in [-0.39, 0.29) is 17.6 Å². The molecule has 6 nitrogen and oxygen atoms in total. The zero-order valence-electron chi connectivity index (χ0n) is 20.5. The summed E-state index contributed by atoms with van der Waals surface area (Å²) in [5.41, 5.74) is 0.0963. The standard InChI is InChI=1S/C25H36F3N3O3S/c1-4-18-13-17(3)15-24(5-2,16-18)30-23(32)29-20-9-11-21(12-10-20)31-35(33,34)22-8-6-7-19(14-22)25(26,27)28/h6-8,13-14,17,20-21,31H,4-5,9-12,15-16H2,1-3H3,(H2,29,30,32). The molecule has 0 bridgehead atoms. The van der Waals surface area contributed by atoms with Crippen LogP contribution in [0.1, 0.15) is 77.7 Å². The molecule has 1 aromatic carbocycles. The van der Waals surface area contributed by atoms with E-state index in [1.54, 1.807) is 0 Å². The van der Waals surface area contributed by atoms with Crippen LogP contribution in [0.4, 0.5) is 18.0 Å². The number of hydrogen-bond acceptors (Lipinski definition) is 3. The first-order valence-electron chi connectivity index (χ1n) is 12.3. The Balaban J connectivity index is 1.53. The molecule has 1 aromatic rings. The lowest BCUT2D eigenvalue weighted by Crippen LogP contribution is -2.56. The van der Waals surface area contributed by atoms with Crippen LogP contribution in [0.5, 0.6) is 0 Å². The van der Waals surface area contributed by atoms with Crippen LogP contribution in [0.25, 0.3) is 0 Å². The first-order valence-corrected chi connectivity index (χ1v) is 13.8. The monoisotopic (exact) mass is 515 g/mol. The molecule has 2 atom stereocenters. The molecule has 10 heteroatoms. The second-order valence-corrected chi connectivity index (χ2v) is 11.7. The summed E-state index contributed by atoms with van der Waals surface area (Å²) in [5.74, 6) is 0.402. The van der Waals surface area contributed by atoms with Gasteiger partial charge < -0.3 is 10.6 Å². The smallest absolute Gasteiger partial charge is 0.335 e. The fraction of sp³-hybridized carbons (Fsp3) is 0.640. The normalized spacial score (nSPS) is 27.7. The molecule has 0 aliphatic heterocycles. The van der Waals surface area contributed by atoms with E-state index in [2.05, 4.69) is 42.2 Å². The largest absolute Gasteiger partial charge is 0.416 e. The van der Waals surface area contributed by atoms with E-state index in [1.165, 1.54) is 5.57 Å². The number of nitrogens with one attached hydrogen (secondary N) is 3. The molecule has 1 fully saturated rings. The molecular weight excluding hydrogens is 479 g/mol. The van der Waals surface area contributed by atoms with Crippen LogP contribution >= 0.6 is 0 Å². The number of alkyl halides is 3. The van der Waals surface area contributed by atoms with Crippen molar-refractivity contribution in [3.8, 4) is 0 Å². The molecular formula is C25H36F3N3O3S. The minimum Gasteiger partial charge on any atom is -0.335 e. The molecule has 0 radical (unpaired) electrons. The van der Waals surface area contributed by atoms with Gasteiger partial charge in [0.25, 0.3) is 0 Å². The molecule has 35 heavy (non-hydrogen) atoms. The molecule has 1 saturated carbocycles. The summed E-state index contributed by atoms with van der Waals surface area (Å²) in [6.45, 7) is 6.39. The Kier molecular flexibility index (Phi) is 8.57. The van der Waals surface area contributed by atoms with Gasteiger partial charge in [-0.05, 0) is 75.5 Å². The number of amides is 2. The number of carbonyl (C=O) groups is 1. The minimum atomic E-state index is -4.61. The zero-order valence-corrected chi connectivity index (χ0v) is 21.4. The highest BCUT2D eigenvalue weighted by Gasteiger charge is 2.36. The number of halogens is 3. The second kappa shape index (κ2) is 10.9. The summed E-state index contributed by atoms with van der Waals surface area (Å²) in [4.78, 5) is 12.4. The van der Waals surface area contributed by atoms with Gasteiger partial charge in [0, 0.05) is 17.6 Å². The Labute approximate surface area is 206 Å². The Bertz CT molecular complexity index is 1030. The molecule has 196 valence electrons. The van der Waals surface area contributed by atoms with Gasteiger partial charge in [-0.15, -0.1) is 0 Å². The molecule has 0 spiro atoms. The van der Waals surface area contributed by atoms with Crippen molar-refractivity contribution < 1.29 is 26.4 Å². The maximum Gasteiger partial charge on any atom is 0.416 e. The van der Waals surface area contributed by atoms with Crippen LogP contribution in [0.15, 0.2) is 40.8 Å². The number of sulfonamides is 1. The Morgan fingerprint density at radius 3 is 2.37 bits per heavy atom. The molecule has 3 N–H and O–H groups in total. The van der Waals surface area contributed by atoms with E-state index in [0.717, 1.165) is 43.9 Å². The molecule has 2 aliphatic rings. The highest BCUT2D eigenvalue weighted by Crippen LogP contribution is 2.35. The van der Waals surface area contributed by atoms with Crippen LogP contribution in [-0.4, -0.2) is 32.1 Å². The summed E-state index contributed by atoms with van der Waals surface area (Å²) in [7, 11) is -4.08. The van der Waals surface area contributed by atoms with Crippen LogP contribution < -0.4 is 15.4 Å². The van der Waals surface area contributed by atoms with Gasteiger partial charge >= 0.3 is 12.2 Å². The predicted octanol–water partition coefficient (Wildman–Crippen LogP) is 5.51. The Morgan fingerprint density at radius 1 is 1.11 bits per heavy atom. The highest BCUT2D eigenvalue weighted by molar-refractivity contribution is 7.89. The van der Waals surface area contributed by atoms with E-state index in [0.29, 0.717) is 37.7 Å². The Morgan fingerprint density at radius 2 is 1.77 bits per heavy atom. The Hall–Kier alpha value is -2.07. The lowest BCUT2D eigenvalue weighted by molar-refractivity contribution is -0.137. The van der Waals surface area contributed by atoms with Crippen molar-refractivity contribution in [3.05, 3.63) is 41.5 Å². The van der Waals surface area contributed by atoms with Gasteiger partial charge in [0.15, 0.2) is 0 Å². The average molecular weight is 516 g/mol. The molecule has 2 amide bonds. The van der Waals surface area contributed by atoms with E-state index in [1.807, 2.05) is 0 Å². The van der Waals surface area contributed by atoms with Crippen molar-refractivity contribution in [3.63, 3.8) is 0 Å². The van der Waals surface area contributed by atoms with Gasteiger partial charge in [-0.25, -0.2) is 17.9 Å². The fourth-order valence-electron chi connectivity index (χ4n) is 5.28. The van der Waals surface area contributed by atoms with E-state index in [9.17, 15) is 26.4 Å². The van der Waals surface area contributed by atoms with Gasteiger partial charge in [0.2, 0.25) is 10.0 Å². The molecule has 3 rings (SSSR count). The van der Waals surface area contributed by atoms with E-state index < -0.39 is 32.7 Å². The van der Waals surface area contributed by atoms with Crippen molar-refractivity contribution >= 4 is 16.1 Å². The first kappa shape index (κ1) is 27.5. The summed E-state index contributed by atoms with van der Waals surface area (Å²) < 4.78 is 66.7. The number of carbonyl (C=O) groups excluding carboxylic acids is 1. The lowest BCUT2D eigenvalue weighted by Gasteiger charge is -2.40. The minimum absolute atomic E-state index is 0.0829. The first-order chi connectivity index (χ1) is 16.4. The van der Waals surface area contributed by atoms with Crippen LogP contribution in [0.3, 0.4) is 0 Å². The third kappa shape index (κ3) is 7.22. The molecule has 2 aliphatic carbocycles. The van der Waals surface area contributed by atoms with E-state index >= 15 is 0 Å². The van der Waals surface area contributed by atoms with E-state index in [4.69, 9.17) is 0 Å². The molecule has 0 heterocycles. The van der Waals surface area contributed by atoms with Crippen LogP contribution in [0, 0.1) is 5.92 Å². The number of allylic oxidation sites excluding steroid dienone is 1. The number of rotatable bonds is 7. The summed E-state index contributed by atoms with van der Waals surface area (Å²) >= 11 is 0. The van der Waals surface area contributed by atoms with Crippen LogP contribution in [0.2, 0.25) is 0 Å². The maximum absolute atomic E-state index is 13.0. The van der Waals surface area contributed by atoms with Crippen molar-refractivity contribution in [1.29, 1.82) is 0 Å². The third-order valence-corrected chi connectivity index (χ3v) is 8.68. The predicted molar refractivity (Wildman–Crippen MR) is 129 cm³/mol. The maximum atomic E-state index is 13.0. The molecule has 2 unspecified atom stereocenters. The van der Waals surface area contributed by atoms with Crippen molar-refractivity contribution in [2.24, 2.45) is 5.92 Å². The van der Waals surface area contributed by atoms with Crippen molar-refractivity contribution in [2.75, 3.05) is 0 Å². The number of urea groups is 1. The SMILES string of the molecule is CCC1=CC(C)CC(CC)(NC(=O)NC2CCC(NS(=O)(=O)c3cccc(C(F)(F)F)c3)CC2)C1. The van der Waals surface area contributed by atoms with Crippen LogP contribution in [-0.2, 0) is 16.2 Å². The summed E-state index contributed by atoms with van der Waals surface area (Å²) in [6, 6.07) is 3.06. The zero-order chi connectivity index (χ0) is 25.9. The molecule has 0 aromatic heterocycles.